The third kappa shape index (κ3) is 5.34. The summed E-state index contributed by atoms with van der Waals surface area (Å²) >= 11 is 0. The fourth-order valence-electron chi connectivity index (χ4n) is 2.55. The van der Waals surface area contributed by atoms with Gasteiger partial charge in [0, 0.05) is 45.4 Å². The standard InChI is InChI=1S/C13H29N3O/c1-5-17-9-7-14-6-8-16-10-12(2)13(11-16)15(3)4/h12-14H,5-11H2,1-4H3. The van der Waals surface area contributed by atoms with Crippen molar-refractivity contribution >= 4 is 0 Å². The molecule has 0 aromatic heterocycles. The second kappa shape index (κ2) is 8.03. The average molecular weight is 243 g/mol. The number of nitrogens with one attached hydrogen (secondary N) is 1. The van der Waals surface area contributed by atoms with Crippen molar-refractivity contribution in [2.24, 2.45) is 5.92 Å². The second-order valence-electron chi connectivity index (χ2n) is 5.21. The molecule has 0 aromatic carbocycles. The van der Waals surface area contributed by atoms with E-state index in [9.17, 15) is 0 Å². The van der Waals surface area contributed by atoms with Gasteiger partial charge in [-0.3, -0.25) is 0 Å². The Morgan fingerprint density at radius 3 is 2.65 bits per heavy atom. The van der Waals surface area contributed by atoms with E-state index in [2.05, 4.69) is 36.1 Å². The van der Waals surface area contributed by atoms with Crippen LogP contribution in [0.15, 0.2) is 0 Å². The highest BCUT2D eigenvalue weighted by atomic mass is 16.5. The van der Waals surface area contributed by atoms with Crippen molar-refractivity contribution in [1.82, 2.24) is 15.1 Å². The molecule has 2 unspecified atom stereocenters. The molecule has 0 aromatic rings. The molecule has 1 saturated heterocycles. The molecule has 102 valence electrons. The predicted octanol–water partition coefficient (Wildman–Crippen LogP) is 0.494. The molecule has 1 N–H and O–H groups in total. The molecule has 1 rings (SSSR count). The zero-order valence-electron chi connectivity index (χ0n) is 11.9. The van der Waals surface area contributed by atoms with E-state index in [1.165, 1.54) is 13.1 Å². The van der Waals surface area contributed by atoms with Crippen LogP contribution in [0, 0.1) is 5.92 Å². The van der Waals surface area contributed by atoms with E-state index in [1.54, 1.807) is 0 Å². The Balaban J connectivity index is 2.05. The molecule has 2 atom stereocenters. The van der Waals surface area contributed by atoms with Gasteiger partial charge in [0.15, 0.2) is 0 Å². The van der Waals surface area contributed by atoms with E-state index < -0.39 is 0 Å². The minimum atomic E-state index is 0.721. The molecule has 1 heterocycles. The smallest absolute Gasteiger partial charge is 0.0590 e. The average Bonchev–Trinajstić information content (AvgIpc) is 2.65. The van der Waals surface area contributed by atoms with E-state index >= 15 is 0 Å². The Bertz CT molecular complexity index is 199. The van der Waals surface area contributed by atoms with Crippen molar-refractivity contribution in [2.45, 2.75) is 19.9 Å². The monoisotopic (exact) mass is 243 g/mol. The number of likely N-dealkylation sites (N-methyl/N-ethyl adjacent to an activating group) is 1. The molecule has 0 radical (unpaired) electrons. The van der Waals surface area contributed by atoms with E-state index in [0.717, 1.165) is 44.8 Å². The lowest BCUT2D eigenvalue weighted by Crippen LogP contribution is -2.36. The van der Waals surface area contributed by atoms with Gasteiger partial charge in [-0.05, 0) is 26.9 Å². The number of hydrogen-bond acceptors (Lipinski definition) is 4. The van der Waals surface area contributed by atoms with Crippen LogP contribution in [0.1, 0.15) is 13.8 Å². The highest BCUT2D eigenvalue weighted by molar-refractivity contribution is 4.86. The van der Waals surface area contributed by atoms with Gasteiger partial charge in [-0.25, -0.2) is 0 Å². The van der Waals surface area contributed by atoms with Crippen LogP contribution in [0.3, 0.4) is 0 Å². The van der Waals surface area contributed by atoms with Gasteiger partial charge in [0.2, 0.25) is 0 Å². The number of hydrogen-bond donors (Lipinski definition) is 1. The van der Waals surface area contributed by atoms with Crippen molar-refractivity contribution < 1.29 is 4.74 Å². The minimum absolute atomic E-state index is 0.721. The first-order valence-corrected chi connectivity index (χ1v) is 6.82. The van der Waals surface area contributed by atoms with Gasteiger partial charge in [0.25, 0.3) is 0 Å². The van der Waals surface area contributed by atoms with Gasteiger partial charge in [-0.1, -0.05) is 6.92 Å². The number of nitrogens with zero attached hydrogens (tertiary/aromatic N) is 2. The van der Waals surface area contributed by atoms with Crippen LogP contribution in [0.2, 0.25) is 0 Å². The van der Waals surface area contributed by atoms with Crippen molar-refractivity contribution in [2.75, 3.05) is 60.0 Å². The topological polar surface area (TPSA) is 27.7 Å². The maximum Gasteiger partial charge on any atom is 0.0590 e. The van der Waals surface area contributed by atoms with Crippen LogP contribution in [-0.4, -0.2) is 75.9 Å². The van der Waals surface area contributed by atoms with Crippen LogP contribution in [0.25, 0.3) is 0 Å². The first-order valence-electron chi connectivity index (χ1n) is 6.82. The van der Waals surface area contributed by atoms with Gasteiger partial charge < -0.3 is 19.9 Å². The van der Waals surface area contributed by atoms with Crippen LogP contribution >= 0.6 is 0 Å². The first kappa shape index (κ1) is 14.9. The van der Waals surface area contributed by atoms with E-state index in [-0.39, 0.29) is 0 Å². The molecule has 0 amide bonds. The summed E-state index contributed by atoms with van der Waals surface area (Å²) in [7, 11) is 4.37. The largest absolute Gasteiger partial charge is 0.380 e. The van der Waals surface area contributed by atoms with Crippen LogP contribution in [0.4, 0.5) is 0 Å². The highest BCUT2D eigenvalue weighted by Gasteiger charge is 2.30. The van der Waals surface area contributed by atoms with E-state index in [0.29, 0.717) is 0 Å². The molecule has 1 fully saturated rings. The summed E-state index contributed by atoms with van der Waals surface area (Å²) in [5.41, 5.74) is 0. The van der Waals surface area contributed by atoms with E-state index in [1.807, 2.05) is 6.92 Å². The lowest BCUT2D eigenvalue weighted by molar-refractivity contribution is 0.148. The third-order valence-electron chi connectivity index (χ3n) is 3.54. The molecule has 0 saturated carbocycles. The van der Waals surface area contributed by atoms with Crippen molar-refractivity contribution in [3.63, 3.8) is 0 Å². The summed E-state index contributed by atoms with van der Waals surface area (Å²) in [5, 5.41) is 3.43. The Hall–Kier alpha value is -0.160. The zero-order valence-corrected chi connectivity index (χ0v) is 11.9. The summed E-state index contributed by atoms with van der Waals surface area (Å²) in [6, 6.07) is 0.721. The molecule has 1 aliphatic heterocycles. The van der Waals surface area contributed by atoms with E-state index in [4.69, 9.17) is 4.74 Å². The summed E-state index contributed by atoms with van der Waals surface area (Å²) in [5.74, 6) is 0.786. The lowest BCUT2D eigenvalue weighted by atomic mass is 10.1. The van der Waals surface area contributed by atoms with Gasteiger partial charge >= 0.3 is 0 Å². The molecule has 0 bridgehead atoms. The van der Waals surface area contributed by atoms with Gasteiger partial charge in [-0.2, -0.15) is 0 Å². The quantitative estimate of drug-likeness (QED) is 0.628. The Morgan fingerprint density at radius 2 is 2.06 bits per heavy atom. The molecular formula is C13H29N3O. The normalized spacial score (nSPS) is 25.9. The summed E-state index contributed by atoms with van der Waals surface area (Å²) in [4.78, 5) is 4.91. The van der Waals surface area contributed by atoms with Gasteiger partial charge in [0.05, 0.1) is 6.61 Å². The summed E-state index contributed by atoms with van der Waals surface area (Å²) < 4.78 is 5.29. The van der Waals surface area contributed by atoms with Crippen molar-refractivity contribution in [3.8, 4) is 0 Å². The zero-order chi connectivity index (χ0) is 12.7. The molecule has 0 spiro atoms. The van der Waals surface area contributed by atoms with Gasteiger partial charge in [0.1, 0.15) is 0 Å². The Labute approximate surface area is 106 Å². The minimum Gasteiger partial charge on any atom is -0.380 e. The summed E-state index contributed by atoms with van der Waals surface area (Å²) in [6.45, 7) is 11.7. The summed E-state index contributed by atoms with van der Waals surface area (Å²) in [6.07, 6.45) is 0. The Kier molecular flexibility index (Phi) is 7.04. The van der Waals surface area contributed by atoms with Crippen LogP contribution < -0.4 is 5.32 Å². The molecule has 0 aliphatic carbocycles. The fourth-order valence-corrected chi connectivity index (χ4v) is 2.55. The Morgan fingerprint density at radius 1 is 1.29 bits per heavy atom. The highest BCUT2D eigenvalue weighted by Crippen LogP contribution is 2.19. The first-order chi connectivity index (χ1) is 8.15. The third-order valence-corrected chi connectivity index (χ3v) is 3.54. The maximum atomic E-state index is 5.29. The lowest BCUT2D eigenvalue weighted by Gasteiger charge is -2.22. The predicted molar refractivity (Wildman–Crippen MR) is 72.4 cm³/mol. The maximum absolute atomic E-state index is 5.29. The van der Waals surface area contributed by atoms with Crippen LogP contribution in [-0.2, 0) is 4.74 Å². The molecule has 1 aliphatic rings. The van der Waals surface area contributed by atoms with Crippen molar-refractivity contribution in [3.05, 3.63) is 0 Å². The number of ether oxygens (including phenoxy) is 1. The molecule has 4 nitrogen and oxygen atoms in total. The molecule has 4 heteroatoms. The number of likely N-dealkylation sites (tertiary alicyclic amines) is 1. The van der Waals surface area contributed by atoms with Crippen LogP contribution in [0.5, 0.6) is 0 Å². The van der Waals surface area contributed by atoms with Gasteiger partial charge in [-0.15, -0.1) is 0 Å². The number of rotatable bonds is 8. The molecule has 17 heavy (non-hydrogen) atoms. The van der Waals surface area contributed by atoms with Crippen molar-refractivity contribution in [1.29, 1.82) is 0 Å². The fraction of sp³-hybridized carbons (Fsp3) is 1.00. The molecular weight excluding hydrogens is 214 g/mol. The SMILES string of the molecule is CCOCCNCCN1CC(C)C(N(C)C)C1. The second-order valence-corrected chi connectivity index (χ2v) is 5.21.